The highest BCUT2D eigenvalue weighted by Gasteiger charge is 2.19. The molecule has 0 amide bonds. The third-order valence-corrected chi connectivity index (χ3v) is 11.8. The van der Waals surface area contributed by atoms with Crippen molar-refractivity contribution in [2.45, 2.75) is 0 Å². The molecule has 4 heterocycles. The summed E-state index contributed by atoms with van der Waals surface area (Å²) >= 11 is 1.64. The maximum Gasteiger partial charge on any atom is 0.164 e. The average Bonchev–Trinajstić information content (AvgIpc) is 3.70. The molecule has 0 radical (unpaired) electrons. The zero-order valence-electron chi connectivity index (χ0n) is 31.6. The number of benzene rings is 7. The van der Waals surface area contributed by atoms with Crippen LogP contribution in [0.4, 0.5) is 0 Å². The topological polar surface area (TPSA) is 77.3 Å². The minimum absolute atomic E-state index is 0.636. The first-order valence-electron chi connectivity index (χ1n) is 19.4. The van der Waals surface area contributed by atoms with Gasteiger partial charge in [-0.15, -0.1) is 11.3 Å². The van der Waals surface area contributed by atoms with Gasteiger partial charge in [-0.1, -0.05) is 176 Å². The van der Waals surface area contributed by atoms with Crippen molar-refractivity contribution in [1.29, 1.82) is 0 Å². The maximum absolute atomic E-state index is 5.15. The van der Waals surface area contributed by atoms with E-state index in [0.29, 0.717) is 23.3 Å². The monoisotopic (exact) mass is 772 g/mol. The lowest BCUT2D eigenvalue weighted by molar-refractivity contribution is 1.08. The average molecular weight is 773 g/mol. The maximum atomic E-state index is 5.15. The number of fused-ring (bicyclic) bond motifs is 4. The summed E-state index contributed by atoms with van der Waals surface area (Å²) in [6.45, 7) is 0. The predicted molar refractivity (Wildman–Crippen MR) is 242 cm³/mol. The van der Waals surface area contributed by atoms with Gasteiger partial charge >= 0.3 is 0 Å². The predicted octanol–water partition coefficient (Wildman–Crippen LogP) is 13.2. The van der Waals surface area contributed by atoms with Crippen molar-refractivity contribution in [3.8, 4) is 79.1 Å². The Labute approximate surface area is 344 Å². The van der Waals surface area contributed by atoms with E-state index < -0.39 is 0 Å². The van der Waals surface area contributed by atoms with E-state index in [1.807, 2.05) is 91.1 Å². The van der Waals surface area contributed by atoms with Crippen molar-refractivity contribution >= 4 is 42.5 Å². The van der Waals surface area contributed by atoms with Crippen LogP contribution in [0, 0.1) is 0 Å². The highest BCUT2D eigenvalue weighted by molar-refractivity contribution is 7.25. The zero-order valence-corrected chi connectivity index (χ0v) is 32.4. The smallest absolute Gasteiger partial charge is 0.164 e. The van der Waals surface area contributed by atoms with Gasteiger partial charge in [-0.2, -0.15) is 0 Å². The molecule has 4 aromatic heterocycles. The molecular weight excluding hydrogens is 741 g/mol. The fourth-order valence-corrected chi connectivity index (χ4v) is 8.79. The second kappa shape index (κ2) is 14.6. The molecule has 6 nitrogen and oxygen atoms in total. The third kappa shape index (κ3) is 6.40. The summed E-state index contributed by atoms with van der Waals surface area (Å²) < 4.78 is 1.03. The summed E-state index contributed by atoms with van der Waals surface area (Å²) in [6, 6.07) is 64.5. The molecule has 0 unspecified atom stereocenters. The van der Waals surface area contributed by atoms with Crippen LogP contribution in [0.15, 0.2) is 194 Å². The molecule has 0 N–H and O–H groups in total. The van der Waals surface area contributed by atoms with Crippen LogP contribution in [0.2, 0.25) is 0 Å². The molecule has 0 bridgehead atoms. The summed E-state index contributed by atoms with van der Waals surface area (Å²) in [5.41, 5.74) is 11.1. The first-order valence-corrected chi connectivity index (χ1v) is 20.3. The van der Waals surface area contributed by atoms with Gasteiger partial charge in [-0.05, 0) is 39.6 Å². The van der Waals surface area contributed by atoms with E-state index >= 15 is 0 Å². The number of thiophene rings is 1. The van der Waals surface area contributed by atoms with Crippen LogP contribution in [0.25, 0.3) is 110 Å². The number of rotatable bonds is 7. The van der Waals surface area contributed by atoms with Gasteiger partial charge in [0, 0.05) is 45.0 Å². The van der Waals surface area contributed by atoms with Gasteiger partial charge in [0.05, 0.1) is 15.9 Å². The molecule has 0 saturated heterocycles. The fraction of sp³-hybridized carbons (Fsp3) is 0. The Kier molecular flexibility index (Phi) is 8.56. The number of pyridine rings is 1. The van der Waals surface area contributed by atoms with Gasteiger partial charge in [0.15, 0.2) is 23.3 Å². The molecule has 7 heteroatoms. The van der Waals surface area contributed by atoms with Crippen LogP contribution in [0.1, 0.15) is 0 Å². The Hall–Kier alpha value is -7.74. The summed E-state index contributed by atoms with van der Waals surface area (Å²) in [4.78, 5) is 31.1. The molecule has 11 aromatic rings. The van der Waals surface area contributed by atoms with Crippen LogP contribution in [-0.4, -0.2) is 29.9 Å². The fourth-order valence-electron chi connectivity index (χ4n) is 7.71. The van der Waals surface area contributed by atoms with Crippen LogP contribution in [0.5, 0.6) is 0 Å². The van der Waals surface area contributed by atoms with Gasteiger partial charge in [0.2, 0.25) is 0 Å². The standard InChI is InChI=1S/C52H32N6S/c1-5-15-35(16-6-1)45-47-46(55-48(54-45)36-17-7-2-8-18-36)44-31-39(32-53-52(44)59-47)33-25-27-34(28-26-33)40-29-30-43(42-24-14-13-23-41(40)42)51-57-49(37-19-9-3-10-20-37)56-50(58-51)38-21-11-4-12-22-38/h1-32H. The molecule has 0 saturated carbocycles. The minimum atomic E-state index is 0.636. The quantitative estimate of drug-likeness (QED) is 0.161. The van der Waals surface area contributed by atoms with Gasteiger partial charge in [-0.3, -0.25) is 0 Å². The lowest BCUT2D eigenvalue weighted by atomic mass is 9.93. The Morgan fingerprint density at radius 1 is 0.322 bits per heavy atom. The van der Waals surface area contributed by atoms with Gasteiger partial charge in [0.25, 0.3) is 0 Å². The number of aromatic nitrogens is 6. The van der Waals surface area contributed by atoms with E-state index in [1.54, 1.807) is 11.3 Å². The molecule has 0 aliphatic carbocycles. The molecular formula is C52H32N6S. The molecule has 0 atom stereocenters. The summed E-state index contributed by atoms with van der Waals surface area (Å²) in [7, 11) is 0. The zero-order chi connectivity index (χ0) is 39.1. The van der Waals surface area contributed by atoms with Crippen molar-refractivity contribution in [2.75, 3.05) is 0 Å². The van der Waals surface area contributed by atoms with Crippen molar-refractivity contribution in [3.05, 3.63) is 194 Å². The molecule has 0 aliphatic heterocycles. The Morgan fingerprint density at radius 2 is 0.797 bits per heavy atom. The Bertz CT molecular complexity index is 3240. The molecule has 0 aliphatic rings. The SMILES string of the molecule is c1ccc(-c2nc(-c3ccccc3)nc(-c3ccc(-c4ccc(-c5cnc6sc7c(-c8ccccc8)nc(-c8ccccc8)nc7c6c5)cc4)c4ccccc34)n2)cc1. The van der Waals surface area contributed by atoms with E-state index in [4.69, 9.17) is 29.9 Å². The molecule has 11 rings (SSSR count). The first kappa shape index (κ1) is 34.5. The van der Waals surface area contributed by atoms with Crippen molar-refractivity contribution in [1.82, 2.24) is 29.9 Å². The molecule has 59 heavy (non-hydrogen) atoms. The van der Waals surface area contributed by atoms with Crippen LogP contribution in [0.3, 0.4) is 0 Å². The summed E-state index contributed by atoms with van der Waals surface area (Å²) in [5, 5.41) is 3.22. The Balaban J connectivity index is 0.985. The van der Waals surface area contributed by atoms with Crippen molar-refractivity contribution in [2.24, 2.45) is 0 Å². The van der Waals surface area contributed by atoms with E-state index in [2.05, 4.69) is 103 Å². The molecule has 7 aromatic carbocycles. The number of nitrogens with zero attached hydrogens (tertiary/aromatic N) is 6. The number of hydrogen-bond donors (Lipinski definition) is 0. The minimum Gasteiger partial charge on any atom is -0.245 e. The van der Waals surface area contributed by atoms with Gasteiger partial charge < -0.3 is 0 Å². The summed E-state index contributed by atoms with van der Waals surface area (Å²) in [6.07, 6.45) is 1.97. The summed E-state index contributed by atoms with van der Waals surface area (Å²) in [5.74, 6) is 2.62. The molecule has 0 fully saturated rings. The first-order chi connectivity index (χ1) is 29.2. The number of hydrogen-bond acceptors (Lipinski definition) is 7. The van der Waals surface area contributed by atoms with E-state index in [1.165, 1.54) is 0 Å². The van der Waals surface area contributed by atoms with Crippen molar-refractivity contribution in [3.63, 3.8) is 0 Å². The second-order valence-electron chi connectivity index (χ2n) is 14.3. The largest absolute Gasteiger partial charge is 0.245 e. The lowest BCUT2D eigenvalue weighted by Crippen LogP contribution is -2.00. The van der Waals surface area contributed by atoms with Gasteiger partial charge in [0.1, 0.15) is 4.83 Å². The molecule has 0 spiro atoms. The van der Waals surface area contributed by atoms with Crippen LogP contribution >= 0.6 is 11.3 Å². The van der Waals surface area contributed by atoms with E-state index in [-0.39, 0.29) is 0 Å². The molecule has 276 valence electrons. The van der Waals surface area contributed by atoms with E-state index in [9.17, 15) is 0 Å². The third-order valence-electron chi connectivity index (χ3n) is 10.6. The highest BCUT2D eigenvalue weighted by Crippen LogP contribution is 2.41. The lowest BCUT2D eigenvalue weighted by Gasteiger charge is -2.13. The van der Waals surface area contributed by atoms with Gasteiger partial charge in [-0.25, -0.2) is 29.9 Å². The van der Waals surface area contributed by atoms with Crippen LogP contribution in [-0.2, 0) is 0 Å². The normalized spacial score (nSPS) is 11.4. The highest BCUT2D eigenvalue weighted by atomic mass is 32.1. The van der Waals surface area contributed by atoms with E-state index in [0.717, 1.165) is 87.0 Å². The second-order valence-corrected chi connectivity index (χ2v) is 15.3. The van der Waals surface area contributed by atoms with Crippen LogP contribution < -0.4 is 0 Å². The van der Waals surface area contributed by atoms with Crippen molar-refractivity contribution < 1.29 is 0 Å². The Morgan fingerprint density at radius 3 is 1.39 bits per heavy atom.